The van der Waals surface area contributed by atoms with Crippen molar-refractivity contribution in [3.8, 4) is 34.3 Å². The number of allylic oxidation sites excluding steroid dienone is 2. The average molecular weight is 677 g/mol. The minimum absolute atomic E-state index is 0.0975. The Morgan fingerprint density at radius 2 is 1.56 bits per heavy atom. The highest BCUT2D eigenvalue weighted by molar-refractivity contribution is 5.91. The fourth-order valence-corrected chi connectivity index (χ4v) is 5.65. The normalized spacial score (nSPS) is 30.6. The van der Waals surface area contributed by atoms with Gasteiger partial charge in [0.15, 0.2) is 12.1 Å². The van der Waals surface area contributed by atoms with E-state index in [1.807, 2.05) is 13.8 Å². The third-order valence-electron chi connectivity index (χ3n) is 8.40. The highest BCUT2D eigenvalue weighted by atomic mass is 16.7. The summed E-state index contributed by atoms with van der Waals surface area (Å²) in [5.41, 5.74) is 0.519. The molecule has 8 N–H and O–H groups in total. The Labute approximate surface area is 274 Å². The van der Waals surface area contributed by atoms with Gasteiger partial charge in [-0.1, -0.05) is 11.6 Å². The zero-order valence-corrected chi connectivity index (χ0v) is 26.6. The van der Waals surface area contributed by atoms with Gasteiger partial charge in [-0.25, -0.2) is 0 Å². The molecule has 0 unspecified atom stereocenters. The quantitative estimate of drug-likeness (QED) is 0.143. The van der Waals surface area contributed by atoms with Crippen LogP contribution < -0.4 is 14.9 Å². The number of ether oxygens (including phenoxy) is 5. The molecule has 0 aliphatic carbocycles. The first-order valence-electron chi connectivity index (χ1n) is 15.2. The molecule has 15 nitrogen and oxygen atoms in total. The van der Waals surface area contributed by atoms with E-state index < -0.39 is 84.9 Å². The third-order valence-corrected chi connectivity index (χ3v) is 8.40. The van der Waals surface area contributed by atoms with Crippen molar-refractivity contribution in [3.05, 3.63) is 57.8 Å². The van der Waals surface area contributed by atoms with E-state index in [1.54, 1.807) is 30.3 Å². The first-order chi connectivity index (χ1) is 22.8. The number of phenols is 2. The molecule has 1 aromatic heterocycles. The molecule has 2 fully saturated rings. The van der Waals surface area contributed by atoms with Crippen molar-refractivity contribution in [2.24, 2.45) is 0 Å². The van der Waals surface area contributed by atoms with Crippen LogP contribution in [-0.2, 0) is 20.6 Å². The molecule has 48 heavy (non-hydrogen) atoms. The lowest BCUT2D eigenvalue weighted by Crippen LogP contribution is -2.64. The number of phenolic OH excluding ortho intramolecular Hbond substituents is 2. The second-order valence-electron chi connectivity index (χ2n) is 12.0. The maximum Gasteiger partial charge on any atom is 0.239 e. The number of methoxy groups -OCH3 is 1. The summed E-state index contributed by atoms with van der Waals surface area (Å²) >= 11 is 0. The molecule has 2 aromatic carbocycles. The van der Waals surface area contributed by atoms with Crippen molar-refractivity contribution < 1.29 is 69.0 Å². The lowest BCUT2D eigenvalue weighted by molar-refractivity contribution is -0.348. The van der Waals surface area contributed by atoms with Gasteiger partial charge in [0.2, 0.25) is 17.5 Å². The van der Waals surface area contributed by atoms with E-state index in [0.29, 0.717) is 11.3 Å². The Balaban J connectivity index is 1.52. The smallest absolute Gasteiger partial charge is 0.239 e. The van der Waals surface area contributed by atoms with Crippen LogP contribution in [0.2, 0.25) is 0 Å². The molecule has 0 radical (unpaired) electrons. The van der Waals surface area contributed by atoms with Gasteiger partial charge in [0.25, 0.3) is 0 Å². The van der Waals surface area contributed by atoms with Crippen molar-refractivity contribution >= 4 is 11.0 Å². The first-order valence-corrected chi connectivity index (χ1v) is 15.2. The lowest BCUT2D eigenvalue weighted by atomic mass is 9.97. The monoisotopic (exact) mass is 676 g/mol. The van der Waals surface area contributed by atoms with Crippen molar-refractivity contribution in [1.82, 2.24) is 0 Å². The van der Waals surface area contributed by atoms with E-state index in [2.05, 4.69) is 0 Å². The van der Waals surface area contributed by atoms with Crippen LogP contribution in [0.25, 0.3) is 22.3 Å². The molecule has 0 spiro atoms. The topological polar surface area (TPSA) is 238 Å². The van der Waals surface area contributed by atoms with Crippen molar-refractivity contribution in [3.63, 3.8) is 0 Å². The predicted molar refractivity (Wildman–Crippen MR) is 167 cm³/mol. The summed E-state index contributed by atoms with van der Waals surface area (Å²) in [6.45, 7) is 4.44. The molecule has 2 aliphatic heterocycles. The molecule has 2 aliphatic rings. The summed E-state index contributed by atoms with van der Waals surface area (Å²) in [5, 5.41) is 83.5. The van der Waals surface area contributed by atoms with Gasteiger partial charge in [-0.3, -0.25) is 4.79 Å². The minimum atomic E-state index is -1.88. The fraction of sp³-hybridized carbons (Fsp3) is 0.485. The number of hydrogen-bond acceptors (Lipinski definition) is 15. The molecule has 0 bridgehead atoms. The molecule has 15 heteroatoms. The van der Waals surface area contributed by atoms with Crippen molar-refractivity contribution in [2.75, 3.05) is 13.7 Å². The molecule has 3 aromatic rings. The summed E-state index contributed by atoms with van der Waals surface area (Å²) < 4.78 is 34.3. The van der Waals surface area contributed by atoms with Crippen LogP contribution in [-0.4, -0.2) is 116 Å². The van der Waals surface area contributed by atoms with E-state index in [-0.39, 0.29) is 34.5 Å². The van der Waals surface area contributed by atoms with Crippen LogP contribution in [0.4, 0.5) is 0 Å². The summed E-state index contributed by atoms with van der Waals surface area (Å²) in [7, 11) is 1.48. The molecule has 0 saturated carbocycles. The Bertz CT molecular complexity index is 1680. The summed E-state index contributed by atoms with van der Waals surface area (Å²) in [4.78, 5) is 14.1. The largest absolute Gasteiger partial charge is 0.507 e. The number of benzene rings is 2. The van der Waals surface area contributed by atoms with E-state index in [0.717, 1.165) is 11.6 Å². The second-order valence-corrected chi connectivity index (χ2v) is 12.0. The number of aliphatic hydroxyl groups is 6. The van der Waals surface area contributed by atoms with Crippen LogP contribution in [0.15, 0.2) is 51.2 Å². The van der Waals surface area contributed by atoms with Gasteiger partial charge in [0.1, 0.15) is 70.9 Å². The maximum absolute atomic E-state index is 14.1. The lowest BCUT2D eigenvalue weighted by Gasteiger charge is -2.45. The van der Waals surface area contributed by atoms with Gasteiger partial charge < -0.3 is 69.0 Å². The zero-order valence-electron chi connectivity index (χ0n) is 26.6. The number of aromatic hydroxyl groups is 2. The predicted octanol–water partition coefficient (Wildman–Crippen LogP) is 0.419. The standard InChI is InChI=1S/C33H40O15/c1-13(2)5-10-17-18(35)11-19(36)21-23(38)31(29(46-30(17)21)15-6-8-16(43-4)9-7-15)48-32-27(42)25(40)28(14(3)44-32)47-33-26(41)24(39)22(37)20(12-34)45-33/h5-9,11,14,20,22,24-28,32-37,39-42H,10,12H2,1-4H3/t14-,20-,22-,24+,25+,26-,27-,28+,32+,33-/m1/s1. The van der Waals surface area contributed by atoms with E-state index in [4.69, 9.17) is 28.1 Å². The highest BCUT2D eigenvalue weighted by Gasteiger charge is 2.50. The number of aliphatic hydroxyl groups excluding tert-OH is 6. The Morgan fingerprint density at radius 3 is 2.19 bits per heavy atom. The molecule has 262 valence electrons. The van der Waals surface area contributed by atoms with Crippen molar-refractivity contribution in [2.45, 2.75) is 88.6 Å². The van der Waals surface area contributed by atoms with Gasteiger partial charge in [0.05, 0.1) is 19.8 Å². The van der Waals surface area contributed by atoms with E-state index >= 15 is 0 Å². The van der Waals surface area contributed by atoms with Crippen LogP contribution in [0.1, 0.15) is 26.3 Å². The van der Waals surface area contributed by atoms with Gasteiger partial charge in [-0.05, 0) is 51.5 Å². The van der Waals surface area contributed by atoms with Crippen molar-refractivity contribution in [1.29, 1.82) is 0 Å². The number of rotatable bonds is 9. The third kappa shape index (κ3) is 6.74. The molecule has 2 saturated heterocycles. The highest BCUT2D eigenvalue weighted by Crippen LogP contribution is 2.40. The summed E-state index contributed by atoms with van der Waals surface area (Å²) in [6.07, 6.45) is -14.0. The maximum atomic E-state index is 14.1. The van der Waals surface area contributed by atoms with Crippen LogP contribution in [0.5, 0.6) is 23.0 Å². The van der Waals surface area contributed by atoms with Gasteiger partial charge in [0, 0.05) is 17.2 Å². The Kier molecular flexibility index (Phi) is 10.6. The van der Waals surface area contributed by atoms with Crippen LogP contribution >= 0.6 is 0 Å². The summed E-state index contributed by atoms with van der Waals surface area (Å²) in [6, 6.07) is 7.38. The second kappa shape index (κ2) is 14.4. The van der Waals surface area contributed by atoms with E-state index in [1.165, 1.54) is 14.0 Å². The SMILES string of the molecule is COc1ccc(-c2oc3c(CC=C(C)C)c(O)cc(O)c3c(=O)c2O[C@@H]2O[C@H](C)[C@H](O[C@H]3O[C@H](CO)[C@@H](O)[C@H](O)[C@H]3O)[C@@H](O)[C@H]2O)cc1. The average Bonchev–Trinajstić information content (AvgIpc) is 3.05. The molecule has 3 heterocycles. The molecule has 10 atom stereocenters. The number of hydrogen-bond donors (Lipinski definition) is 8. The molecule has 5 rings (SSSR count). The van der Waals surface area contributed by atoms with Crippen LogP contribution in [0.3, 0.4) is 0 Å². The fourth-order valence-electron chi connectivity index (χ4n) is 5.65. The molecular formula is C33H40O15. The summed E-state index contributed by atoms with van der Waals surface area (Å²) in [5.74, 6) is -1.02. The first kappa shape index (κ1) is 35.5. The van der Waals surface area contributed by atoms with Gasteiger partial charge >= 0.3 is 0 Å². The Morgan fingerprint density at radius 1 is 0.896 bits per heavy atom. The van der Waals surface area contributed by atoms with Gasteiger partial charge in [-0.15, -0.1) is 0 Å². The van der Waals surface area contributed by atoms with Gasteiger partial charge in [-0.2, -0.15) is 0 Å². The molecular weight excluding hydrogens is 636 g/mol. The zero-order chi connectivity index (χ0) is 35.0. The number of fused-ring (bicyclic) bond motifs is 1. The Hall–Kier alpha value is -3.77. The minimum Gasteiger partial charge on any atom is -0.507 e. The van der Waals surface area contributed by atoms with Crippen LogP contribution in [0, 0.1) is 0 Å². The van der Waals surface area contributed by atoms with E-state index in [9.17, 15) is 45.6 Å². The molecule has 0 amide bonds.